The molecule has 0 spiro atoms. The number of nitrogens with one attached hydrogen (secondary N) is 1. The summed E-state index contributed by atoms with van der Waals surface area (Å²) in [4.78, 5) is 0.254. The summed E-state index contributed by atoms with van der Waals surface area (Å²) in [7, 11) is -3.42. The average Bonchev–Trinajstić information content (AvgIpc) is 2.16. The minimum Gasteiger partial charge on any atom is -0.211 e. The third kappa shape index (κ3) is 4.41. The summed E-state index contributed by atoms with van der Waals surface area (Å²) in [5.74, 6) is 0. The molecule has 0 amide bonds. The van der Waals surface area contributed by atoms with E-state index in [9.17, 15) is 8.42 Å². The Hall–Kier alpha value is -0.100. The maximum absolute atomic E-state index is 11.8. The van der Waals surface area contributed by atoms with Gasteiger partial charge in [0, 0.05) is 16.4 Å². The zero-order valence-corrected chi connectivity index (χ0v) is 11.9. The van der Waals surface area contributed by atoms with E-state index in [1.807, 2.05) is 6.92 Å². The normalized spacial score (nSPS) is 13.7. The standard InChI is InChI=1S/C10H13BrClNO2S/c1-8(12)5-6-13-16(14,15)10-4-2-3-9(11)7-10/h2-4,7-8,13H,5-6H2,1H3. The monoisotopic (exact) mass is 325 g/mol. The van der Waals surface area contributed by atoms with Gasteiger partial charge in [0.15, 0.2) is 0 Å². The molecule has 1 aromatic carbocycles. The second-order valence-electron chi connectivity index (χ2n) is 3.42. The maximum Gasteiger partial charge on any atom is 0.240 e. The van der Waals surface area contributed by atoms with Crippen LogP contribution in [-0.4, -0.2) is 20.3 Å². The Morgan fingerprint density at radius 2 is 2.19 bits per heavy atom. The van der Waals surface area contributed by atoms with Crippen LogP contribution in [0.2, 0.25) is 0 Å². The third-order valence-electron chi connectivity index (χ3n) is 1.94. The van der Waals surface area contributed by atoms with Crippen LogP contribution in [-0.2, 0) is 10.0 Å². The van der Waals surface area contributed by atoms with Gasteiger partial charge in [-0.25, -0.2) is 13.1 Å². The fourth-order valence-electron chi connectivity index (χ4n) is 1.11. The van der Waals surface area contributed by atoms with Gasteiger partial charge >= 0.3 is 0 Å². The predicted molar refractivity (Wildman–Crippen MR) is 69.3 cm³/mol. The van der Waals surface area contributed by atoms with Crippen LogP contribution in [0.5, 0.6) is 0 Å². The number of rotatable bonds is 5. The maximum atomic E-state index is 11.8. The zero-order chi connectivity index (χ0) is 12.2. The molecular weight excluding hydrogens is 314 g/mol. The van der Waals surface area contributed by atoms with Crippen molar-refractivity contribution in [2.45, 2.75) is 23.6 Å². The van der Waals surface area contributed by atoms with Crippen LogP contribution < -0.4 is 4.72 Å². The quantitative estimate of drug-likeness (QED) is 0.846. The fraction of sp³-hybridized carbons (Fsp3) is 0.400. The molecule has 0 fully saturated rings. The summed E-state index contributed by atoms with van der Waals surface area (Å²) in [6.45, 7) is 2.18. The molecule has 0 aliphatic carbocycles. The summed E-state index contributed by atoms with van der Waals surface area (Å²) in [6, 6.07) is 6.58. The van der Waals surface area contributed by atoms with Crippen LogP contribution in [0.3, 0.4) is 0 Å². The third-order valence-corrected chi connectivity index (χ3v) is 4.11. The molecule has 1 aromatic rings. The molecule has 0 heterocycles. The highest BCUT2D eigenvalue weighted by molar-refractivity contribution is 9.10. The number of hydrogen-bond donors (Lipinski definition) is 1. The molecule has 3 nitrogen and oxygen atoms in total. The Balaban J connectivity index is 2.71. The van der Waals surface area contributed by atoms with Crippen LogP contribution in [0.15, 0.2) is 33.6 Å². The molecule has 1 N–H and O–H groups in total. The number of hydrogen-bond acceptors (Lipinski definition) is 2. The summed E-state index contributed by atoms with van der Waals surface area (Å²) >= 11 is 8.97. The van der Waals surface area contributed by atoms with Crippen molar-refractivity contribution < 1.29 is 8.42 Å². The van der Waals surface area contributed by atoms with Crippen LogP contribution in [0, 0.1) is 0 Å². The summed E-state index contributed by atoms with van der Waals surface area (Å²) in [6.07, 6.45) is 0.606. The van der Waals surface area contributed by atoms with Gasteiger partial charge in [0.2, 0.25) is 10.0 Å². The SMILES string of the molecule is CC(Cl)CCNS(=O)(=O)c1cccc(Br)c1. The molecule has 0 saturated carbocycles. The topological polar surface area (TPSA) is 46.2 Å². The number of alkyl halides is 1. The van der Waals surface area contributed by atoms with Crippen molar-refractivity contribution in [1.82, 2.24) is 4.72 Å². The van der Waals surface area contributed by atoms with Crippen LogP contribution >= 0.6 is 27.5 Å². The molecule has 1 atom stereocenters. The lowest BCUT2D eigenvalue weighted by Gasteiger charge is -2.07. The summed E-state index contributed by atoms with van der Waals surface area (Å²) < 4.78 is 26.8. The van der Waals surface area contributed by atoms with Crippen LogP contribution in [0.1, 0.15) is 13.3 Å². The first-order chi connectivity index (χ1) is 7.42. The van der Waals surface area contributed by atoms with Crippen molar-refractivity contribution in [1.29, 1.82) is 0 Å². The molecule has 1 rings (SSSR count). The van der Waals surface area contributed by atoms with Gasteiger partial charge in [0.05, 0.1) is 4.90 Å². The lowest BCUT2D eigenvalue weighted by molar-refractivity contribution is 0.578. The largest absolute Gasteiger partial charge is 0.240 e. The molecule has 0 aliphatic heterocycles. The predicted octanol–water partition coefficient (Wildman–Crippen LogP) is 2.74. The van der Waals surface area contributed by atoms with Crippen molar-refractivity contribution in [3.05, 3.63) is 28.7 Å². The lowest BCUT2D eigenvalue weighted by Crippen LogP contribution is -2.26. The van der Waals surface area contributed by atoms with Gasteiger partial charge < -0.3 is 0 Å². The summed E-state index contributed by atoms with van der Waals surface area (Å²) in [5, 5.41) is -0.0368. The first-order valence-corrected chi connectivity index (χ1v) is 7.52. The number of sulfonamides is 1. The van der Waals surface area contributed by atoms with E-state index in [1.165, 1.54) is 0 Å². The minimum atomic E-state index is -3.42. The first-order valence-electron chi connectivity index (χ1n) is 4.81. The molecule has 0 aliphatic rings. The fourth-order valence-corrected chi connectivity index (χ4v) is 2.86. The van der Waals surface area contributed by atoms with Crippen molar-refractivity contribution in [3.63, 3.8) is 0 Å². The molecule has 0 radical (unpaired) electrons. The van der Waals surface area contributed by atoms with E-state index in [0.717, 1.165) is 4.47 Å². The molecular formula is C10H13BrClNO2S. The molecule has 0 saturated heterocycles. The van der Waals surface area contributed by atoms with E-state index in [0.29, 0.717) is 13.0 Å². The number of benzene rings is 1. The van der Waals surface area contributed by atoms with Crippen molar-refractivity contribution in [2.24, 2.45) is 0 Å². The molecule has 0 aromatic heterocycles. The minimum absolute atomic E-state index is 0.0368. The Labute approximate surface area is 109 Å². The van der Waals surface area contributed by atoms with Gasteiger partial charge in [-0.05, 0) is 31.5 Å². The van der Waals surface area contributed by atoms with E-state index >= 15 is 0 Å². The highest BCUT2D eigenvalue weighted by atomic mass is 79.9. The lowest BCUT2D eigenvalue weighted by atomic mass is 10.3. The average molecular weight is 327 g/mol. The van der Waals surface area contributed by atoms with Crippen molar-refractivity contribution in [3.8, 4) is 0 Å². The molecule has 1 unspecified atom stereocenters. The van der Waals surface area contributed by atoms with E-state index < -0.39 is 10.0 Å². The molecule has 0 bridgehead atoms. The van der Waals surface area contributed by atoms with Crippen LogP contribution in [0.4, 0.5) is 0 Å². The van der Waals surface area contributed by atoms with Gasteiger partial charge in [-0.1, -0.05) is 22.0 Å². The Kier molecular flexibility index (Phi) is 5.24. The van der Waals surface area contributed by atoms with Gasteiger partial charge in [-0.15, -0.1) is 11.6 Å². The van der Waals surface area contributed by atoms with Crippen LogP contribution in [0.25, 0.3) is 0 Å². The first kappa shape index (κ1) is 14.0. The highest BCUT2D eigenvalue weighted by Crippen LogP contribution is 2.15. The second-order valence-corrected chi connectivity index (χ2v) is 6.85. The van der Waals surface area contributed by atoms with Gasteiger partial charge in [-0.3, -0.25) is 0 Å². The van der Waals surface area contributed by atoms with E-state index in [2.05, 4.69) is 20.7 Å². The van der Waals surface area contributed by atoms with Gasteiger partial charge in [0.25, 0.3) is 0 Å². The molecule has 90 valence electrons. The van der Waals surface area contributed by atoms with Crippen molar-refractivity contribution >= 4 is 37.6 Å². The number of halogens is 2. The smallest absolute Gasteiger partial charge is 0.211 e. The van der Waals surface area contributed by atoms with E-state index in [1.54, 1.807) is 24.3 Å². The molecule has 16 heavy (non-hydrogen) atoms. The Bertz CT molecular complexity index is 448. The second kappa shape index (κ2) is 6.00. The van der Waals surface area contributed by atoms with E-state index in [4.69, 9.17) is 11.6 Å². The summed E-state index contributed by atoms with van der Waals surface area (Å²) in [5.41, 5.74) is 0. The van der Waals surface area contributed by atoms with E-state index in [-0.39, 0.29) is 10.3 Å². The molecule has 6 heteroatoms. The Morgan fingerprint density at radius 3 is 2.75 bits per heavy atom. The zero-order valence-electron chi connectivity index (χ0n) is 8.78. The van der Waals surface area contributed by atoms with Gasteiger partial charge in [-0.2, -0.15) is 0 Å². The van der Waals surface area contributed by atoms with Gasteiger partial charge in [0.1, 0.15) is 0 Å². The van der Waals surface area contributed by atoms with Crippen molar-refractivity contribution in [2.75, 3.05) is 6.54 Å². The Morgan fingerprint density at radius 1 is 1.50 bits per heavy atom. The highest BCUT2D eigenvalue weighted by Gasteiger charge is 2.13.